The number of aromatic nitrogens is 3. The van der Waals surface area contributed by atoms with Crippen molar-refractivity contribution in [2.45, 2.75) is 77.7 Å². The lowest BCUT2D eigenvalue weighted by Gasteiger charge is -2.18. The summed E-state index contributed by atoms with van der Waals surface area (Å²) in [5, 5.41) is 11.8. The van der Waals surface area contributed by atoms with Gasteiger partial charge in [0.2, 0.25) is 0 Å². The molecule has 1 N–H and O–H groups in total. The van der Waals surface area contributed by atoms with Crippen LogP contribution in [0.3, 0.4) is 0 Å². The second-order valence-electron chi connectivity index (χ2n) is 5.75. The van der Waals surface area contributed by atoms with Crippen LogP contribution in [0, 0.1) is 0 Å². The summed E-state index contributed by atoms with van der Waals surface area (Å²) in [6, 6.07) is 0.682. The van der Waals surface area contributed by atoms with E-state index in [-0.39, 0.29) is 0 Å². The van der Waals surface area contributed by atoms with Gasteiger partial charge >= 0.3 is 0 Å². The van der Waals surface area contributed by atoms with Gasteiger partial charge in [0.25, 0.3) is 0 Å². The molecule has 116 valence electrons. The van der Waals surface area contributed by atoms with Crippen molar-refractivity contribution in [2.24, 2.45) is 7.05 Å². The Morgan fingerprint density at radius 2 is 1.75 bits per heavy atom. The highest BCUT2D eigenvalue weighted by Gasteiger charge is 2.08. The second kappa shape index (κ2) is 10.8. The average molecular weight is 280 g/mol. The van der Waals surface area contributed by atoms with Gasteiger partial charge in [0.15, 0.2) is 0 Å². The fourth-order valence-electron chi connectivity index (χ4n) is 2.55. The van der Waals surface area contributed by atoms with Gasteiger partial charge in [0.1, 0.15) is 12.2 Å². The van der Waals surface area contributed by atoms with Crippen LogP contribution in [-0.2, 0) is 13.5 Å². The van der Waals surface area contributed by atoms with Crippen LogP contribution < -0.4 is 5.32 Å². The normalized spacial score (nSPS) is 11.4. The Hall–Kier alpha value is -0.900. The Morgan fingerprint density at radius 3 is 2.25 bits per heavy atom. The monoisotopic (exact) mass is 280 g/mol. The van der Waals surface area contributed by atoms with Crippen molar-refractivity contribution in [3.8, 4) is 0 Å². The molecule has 1 rings (SSSR count). The van der Waals surface area contributed by atoms with Gasteiger partial charge in [-0.1, -0.05) is 52.4 Å². The van der Waals surface area contributed by atoms with Gasteiger partial charge in [-0.25, -0.2) is 0 Å². The zero-order valence-corrected chi connectivity index (χ0v) is 13.6. The zero-order chi connectivity index (χ0) is 14.6. The molecule has 4 heteroatoms. The SMILES string of the molecule is CCCCCC(CCCCC)NCCc1nncn1C. The summed E-state index contributed by atoms with van der Waals surface area (Å²) in [7, 11) is 2.01. The van der Waals surface area contributed by atoms with E-state index in [1.807, 2.05) is 11.6 Å². The number of nitrogens with zero attached hydrogens (tertiary/aromatic N) is 3. The van der Waals surface area contributed by atoms with E-state index >= 15 is 0 Å². The molecule has 0 bridgehead atoms. The molecule has 20 heavy (non-hydrogen) atoms. The largest absolute Gasteiger partial charge is 0.321 e. The van der Waals surface area contributed by atoms with E-state index in [4.69, 9.17) is 0 Å². The number of rotatable bonds is 12. The molecule has 4 nitrogen and oxygen atoms in total. The molecule has 0 aliphatic rings. The molecule has 1 aromatic rings. The minimum Gasteiger partial charge on any atom is -0.321 e. The zero-order valence-electron chi connectivity index (χ0n) is 13.6. The minimum atomic E-state index is 0.682. The predicted molar refractivity (Wildman–Crippen MR) is 84.8 cm³/mol. The molecule has 0 radical (unpaired) electrons. The van der Waals surface area contributed by atoms with E-state index < -0.39 is 0 Å². The summed E-state index contributed by atoms with van der Waals surface area (Å²) < 4.78 is 2.00. The van der Waals surface area contributed by atoms with Gasteiger partial charge < -0.3 is 9.88 Å². The molecular formula is C16H32N4. The molecule has 0 saturated carbocycles. The summed E-state index contributed by atoms with van der Waals surface area (Å²) in [6.45, 7) is 5.55. The third kappa shape index (κ3) is 7.04. The van der Waals surface area contributed by atoms with Crippen molar-refractivity contribution in [2.75, 3.05) is 6.54 Å². The third-order valence-corrected chi connectivity index (χ3v) is 3.90. The lowest BCUT2D eigenvalue weighted by Crippen LogP contribution is -2.31. The predicted octanol–water partition coefficient (Wildman–Crippen LogP) is 3.48. The first-order valence-corrected chi connectivity index (χ1v) is 8.34. The van der Waals surface area contributed by atoms with Gasteiger partial charge in [-0.3, -0.25) is 0 Å². The molecule has 0 aliphatic heterocycles. The highest BCUT2D eigenvalue weighted by Crippen LogP contribution is 2.11. The first kappa shape index (κ1) is 17.2. The number of hydrogen-bond donors (Lipinski definition) is 1. The number of aryl methyl sites for hydroxylation is 1. The lowest BCUT2D eigenvalue weighted by molar-refractivity contribution is 0.419. The first-order valence-electron chi connectivity index (χ1n) is 8.34. The molecule has 0 fully saturated rings. The minimum absolute atomic E-state index is 0.682. The van der Waals surface area contributed by atoms with E-state index in [2.05, 4.69) is 29.4 Å². The van der Waals surface area contributed by atoms with Crippen molar-refractivity contribution >= 4 is 0 Å². The van der Waals surface area contributed by atoms with Gasteiger partial charge in [-0.05, 0) is 12.8 Å². The first-order chi connectivity index (χ1) is 9.77. The van der Waals surface area contributed by atoms with Crippen LogP contribution in [0.15, 0.2) is 6.33 Å². The molecule has 1 aromatic heterocycles. The van der Waals surface area contributed by atoms with Crippen LogP contribution in [0.25, 0.3) is 0 Å². The van der Waals surface area contributed by atoms with Gasteiger partial charge in [-0.2, -0.15) is 0 Å². The molecule has 0 saturated heterocycles. The average Bonchev–Trinajstić information content (AvgIpc) is 2.84. The van der Waals surface area contributed by atoms with E-state index in [1.54, 1.807) is 6.33 Å². The fraction of sp³-hybridized carbons (Fsp3) is 0.875. The van der Waals surface area contributed by atoms with Crippen LogP contribution in [0.5, 0.6) is 0 Å². The van der Waals surface area contributed by atoms with Crippen molar-refractivity contribution in [1.82, 2.24) is 20.1 Å². The molecule has 0 unspecified atom stereocenters. The smallest absolute Gasteiger partial charge is 0.133 e. The van der Waals surface area contributed by atoms with Crippen LogP contribution in [0.2, 0.25) is 0 Å². The van der Waals surface area contributed by atoms with E-state index in [0.717, 1.165) is 18.8 Å². The van der Waals surface area contributed by atoms with Crippen LogP contribution in [-0.4, -0.2) is 27.4 Å². The molecule has 0 atom stereocenters. The Kier molecular flexibility index (Phi) is 9.29. The van der Waals surface area contributed by atoms with Crippen LogP contribution in [0.1, 0.15) is 71.0 Å². The summed E-state index contributed by atoms with van der Waals surface area (Å²) in [5.74, 6) is 1.07. The van der Waals surface area contributed by atoms with E-state index in [1.165, 1.54) is 51.4 Å². The summed E-state index contributed by atoms with van der Waals surface area (Å²) in [5.41, 5.74) is 0. The summed E-state index contributed by atoms with van der Waals surface area (Å²) >= 11 is 0. The lowest BCUT2D eigenvalue weighted by atomic mass is 10.0. The standard InChI is InChI=1S/C16H32N4/c1-4-6-8-10-15(11-9-7-5-2)17-13-12-16-19-18-14-20(16)3/h14-15,17H,4-13H2,1-3H3. The maximum absolute atomic E-state index is 4.14. The number of unbranched alkanes of at least 4 members (excludes halogenated alkanes) is 4. The number of hydrogen-bond acceptors (Lipinski definition) is 3. The van der Waals surface area contributed by atoms with Crippen molar-refractivity contribution < 1.29 is 0 Å². The van der Waals surface area contributed by atoms with Crippen molar-refractivity contribution in [3.05, 3.63) is 12.2 Å². The molecule has 1 heterocycles. The van der Waals surface area contributed by atoms with E-state index in [9.17, 15) is 0 Å². The van der Waals surface area contributed by atoms with Gasteiger partial charge in [0, 0.05) is 26.1 Å². The van der Waals surface area contributed by atoms with Crippen molar-refractivity contribution in [1.29, 1.82) is 0 Å². The fourth-order valence-corrected chi connectivity index (χ4v) is 2.55. The molecule has 0 amide bonds. The Labute approximate surface area is 124 Å². The molecule has 0 aromatic carbocycles. The highest BCUT2D eigenvalue weighted by molar-refractivity contribution is 4.85. The van der Waals surface area contributed by atoms with Gasteiger partial charge in [0.05, 0.1) is 0 Å². The van der Waals surface area contributed by atoms with Gasteiger partial charge in [-0.15, -0.1) is 10.2 Å². The van der Waals surface area contributed by atoms with Crippen LogP contribution in [0.4, 0.5) is 0 Å². The molecule has 0 spiro atoms. The molecular weight excluding hydrogens is 248 g/mol. The van der Waals surface area contributed by atoms with Crippen molar-refractivity contribution in [3.63, 3.8) is 0 Å². The Balaban J connectivity index is 2.25. The Bertz CT molecular complexity index is 325. The third-order valence-electron chi connectivity index (χ3n) is 3.90. The van der Waals surface area contributed by atoms with Crippen LogP contribution >= 0.6 is 0 Å². The quantitative estimate of drug-likeness (QED) is 0.596. The Morgan fingerprint density at radius 1 is 1.10 bits per heavy atom. The maximum Gasteiger partial charge on any atom is 0.133 e. The number of nitrogens with one attached hydrogen (secondary N) is 1. The second-order valence-corrected chi connectivity index (χ2v) is 5.75. The summed E-state index contributed by atoms with van der Waals surface area (Å²) in [4.78, 5) is 0. The maximum atomic E-state index is 4.14. The summed E-state index contributed by atoms with van der Waals surface area (Å²) in [6.07, 6.45) is 13.4. The topological polar surface area (TPSA) is 42.7 Å². The molecule has 0 aliphatic carbocycles. The highest BCUT2D eigenvalue weighted by atomic mass is 15.2. The van der Waals surface area contributed by atoms with E-state index in [0.29, 0.717) is 6.04 Å².